The van der Waals surface area contributed by atoms with Crippen molar-refractivity contribution < 1.29 is 19.5 Å². The van der Waals surface area contributed by atoms with Gasteiger partial charge in [0.25, 0.3) is 0 Å². The number of halogens is 1. The van der Waals surface area contributed by atoms with Crippen LogP contribution in [0.3, 0.4) is 0 Å². The number of hydrogen-bond donors (Lipinski definition) is 3. The highest BCUT2D eigenvalue weighted by molar-refractivity contribution is 9.10. The minimum atomic E-state index is -0.305. The second-order valence-corrected chi connectivity index (χ2v) is 6.06. The Labute approximate surface area is 135 Å². The molecule has 116 valence electrons. The number of benzene rings is 1. The van der Waals surface area contributed by atoms with Gasteiger partial charge in [-0.1, -0.05) is 15.9 Å². The maximum atomic E-state index is 11.9. The monoisotopic (exact) mass is 367 g/mol. The molecule has 2 aromatic rings. The number of carbonyl (C=O) groups excluding carboxylic acids is 1. The number of ether oxygens (including phenoxy) is 1. The highest BCUT2D eigenvalue weighted by Gasteiger charge is 2.18. The van der Waals surface area contributed by atoms with E-state index in [0.717, 1.165) is 28.0 Å². The fraction of sp³-hybridized carbons (Fsp3) is 0.357. The van der Waals surface area contributed by atoms with Crippen LogP contribution in [0.15, 0.2) is 32.9 Å². The zero-order valence-corrected chi connectivity index (χ0v) is 13.4. The molecule has 7 nitrogen and oxygen atoms in total. The van der Waals surface area contributed by atoms with Gasteiger partial charge in [-0.05, 0) is 18.2 Å². The van der Waals surface area contributed by atoms with Crippen molar-refractivity contribution >= 4 is 38.4 Å². The Kier molecular flexibility index (Phi) is 4.51. The van der Waals surface area contributed by atoms with Crippen molar-refractivity contribution in [3.05, 3.63) is 22.7 Å². The number of nitrogens with one attached hydrogen (secondary N) is 2. The van der Waals surface area contributed by atoms with Crippen molar-refractivity contribution in [3.63, 3.8) is 0 Å². The number of aromatic nitrogens is 1. The van der Waals surface area contributed by atoms with Crippen molar-refractivity contribution in [2.45, 2.75) is 0 Å². The molecule has 0 aliphatic carbocycles. The maximum absolute atomic E-state index is 11.9. The van der Waals surface area contributed by atoms with Crippen molar-refractivity contribution in [1.29, 1.82) is 0 Å². The topological polar surface area (TPSA) is 91.5 Å². The van der Waals surface area contributed by atoms with Crippen LogP contribution >= 0.6 is 15.9 Å². The molecule has 0 bridgehead atoms. The van der Waals surface area contributed by atoms with Crippen molar-refractivity contribution in [2.75, 3.05) is 32.8 Å². The highest BCUT2D eigenvalue weighted by atomic mass is 79.9. The van der Waals surface area contributed by atoms with Crippen LogP contribution in [0.5, 0.6) is 5.88 Å². The van der Waals surface area contributed by atoms with Crippen LogP contribution in [0.2, 0.25) is 0 Å². The van der Waals surface area contributed by atoms with Crippen LogP contribution in [0.4, 0.5) is 5.69 Å². The summed E-state index contributed by atoms with van der Waals surface area (Å²) >= 11 is 3.37. The van der Waals surface area contributed by atoms with E-state index in [0.29, 0.717) is 25.1 Å². The predicted octanol–water partition coefficient (Wildman–Crippen LogP) is 1.16. The molecule has 0 radical (unpaired) electrons. The molecule has 1 saturated heterocycles. The van der Waals surface area contributed by atoms with Gasteiger partial charge in [0, 0.05) is 9.86 Å². The van der Waals surface area contributed by atoms with Crippen LogP contribution < -0.4 is 4.90 Å². The molecule has 1 aliphatic heterocycles. The summed E-state index contributed by atoms with van der Waals surface area (Å²) in [6.07, 6.45) is 0. The SMILES string of the molecule is O=C(C[NH+]1CCOCC1)N=Nc1c(O)[nH]c2ccc(Br)cc12. The van der Waals surface area contributed by atoms with Crippen LogP contribution in [0, 0.1) is 0 Å². The van der Waals surface area contributed by atoms with Crippen molar-refractivity contribution in [2.24, 2.45) is 10.2 Å². The van der Waals surface area contributed by atoms with Gasteiger partial charge in [0.1, 0.15) is 13.1 Å². The van der Waals surface area contributed by atoms with E-state index in [9.17, 15) is 9.90 Å². The van der Waals surface area contributed by atoms with Crippen LogP contribution in [-0.2, 0) is 9.53 Å². The number of nitrogens with zero attached hydrogens (tertiary/aromatic N) is 2. The number of carbonyl (C=O) groups is 1. The minimum absolute atomic E-state index is 0.0941. The molecule has 1 aromatic heterocycles. The van der Waals surface area contributed by atoms with E-state index in [-0.39, 0.29) is 17.5 Å². The van der Waals surface area contributed by atoms with Crippen molar-refractivity contribution in [1.82, 2.24) is 4.98 Å². The molecule has 0 unspecified atom stereocenters. The normalized spacial score (nSPS) is 16.6. The Balaban J connectivity index is 1.75. The molecule has 1 aliphatic rings. The first-order valence-electron chi connectivity index (χ1n) is 6.99. The summed E-state index contributed by atoms with van der Waals surface area (Å²) in [5, 5.41) is 18.3. The Bertz CT molecular complexity index is 722. The lowest BCUT2D eigenvalue weighted by atomic mass is 10.2. The van der Waals surface area contributed by atoms with E-state index < -0.39 is 0 Å². The molecular weight excluding hydrogens is 352 g/mol. The zero-order chi connectivity index (χ0) is 15.5. The average Bonchev–Trinajstić information content (AvgIpc) is 2.81. The van der Waals surface area contributed by atoms with Crippen LogP contribution in [0.1, 0.15) is 0 Å². The van der Waals surface area contributed by atoms with E-state index in [1.807, 2.05) is 18.2 Å². The largest absolute Gasteiger partial charge is 0.493 e. The van der Waals surface area contributed by atoms with Gasteiger partial charge in [-0.3, -0.25) is 4.79 Å². The van der Waals surface area contributed by atoms with Gasteiger partial charge < -0.3 is 19.7 Å². The number of aromatic amines is 1. The first-order chi connectivity index (χ1) is 10.6. The van der Waals surface area contributed by atoms with Gasteiger partial charge in [0.2, 0.25) is 5.88 Å². The third-order valence-electron chi connectivity index (χ3n) is 3.58. The second kappa shape index (κ2) is 6.55. The molecule has 1 fully saturated rings. The summed E-state index contributed by atoms with van der Waals surface area (Å²) in [4.78, 5) is 15.8. The van der Waals surface area contributed by atoms with Crippen LogP contribution in [0.25, 0.3) is 10.9 Å². The summed E-state index contributed by atoms with van der Waals surface area (Å²) < 4.78 is 6.11. The molecule has 0 saturated carbocycles. The van der Waals surface area contributed by atoms with E-state index in [1.165, 1.54) is 0 Å². The van der Waals surface area contributed by atoms with E-state index >= 15 is 0 Å². The molecule has 2 heterocycles. The Hall–Kier alpha value is -1.77. The summed E-state index contributed by atoms with van der Waals surface area (Å²) in [5.74, 6) is -0.399. The highest BCUT2D eigenvalue weighted by Crippen LogP contribution is 2.36. The number of H-pyrrole nitrogens is 1. The standard InChI is InChI=1S/C14H15BrN4O3/c15-9-1-2-11-10(7-9)13(14(21)16-11)18-17-12(20)8-19-3-5-22-6-4-19/h1-2,7,16,21H,3-6,8H2/p+1. The molecular formula is C14H16BrN4O3+. The summed E-state index contributed by atoms with van der Waals surface area (Å²) in [7, 11) is 0. The lowest BCUT2D eigenvalue weighted by Gasteiger charge is -2.21. The van der Waals surface area contributed by atoms with E-state index in [4.69, 9.17) is 4.74 Å². The predicted molar refractivity (Wildman–Crippen MR) is 83.6 cm³/mol. The third kappa shape index (κ3) is 3.34. The fourth-order valence-corrected chi connectivity index (χ4v) is 2.79. The van der Waals surface area contributed by atoms with Gasteiger partial charge >= 0.3 is 5.91 Å². The van der Waals surface area contributed by atoms with Crippen LogP contribution in [-0.4, -0.2) is 48.8 Å². The van der Waals surface area contributed by atoms with Crippen molar-refractivity contribution in [3.8, 4) is 5.88 Å². The number of azo groups is 1. The molecule has 0 spiro atoms. The Morgan fingerprint density at radius 1 is 1.41 bits per heavy atom. The third-order valence-corrected chi connectivity index (χ3v) is 4.07. The molecule has 3 N–H and O–H groups in total. The fourth-order valence-electron chi connectivity index (χ4n) is 2.43. The first kappa shape index (κ1) is 15.1. The number of hydrogen-bond acceptors (Lipinski definition) is 4. The quantitative estimate of drug-likeness (QED) is 0.710. The van der Waals surface area contributed by atoms with Gasteiger partial charge in [-0.2, -0.15) is 0 Å². The molecule has 3 rings (SSSR count). The van der Waals surface area contributed by atoms with Gasteiger partial charge in [-0.15, -0.1) is 10.2 Å². The number of aromatic hydroxyl groups is 1. The lowest BCUT2D eigenvalue weighted by Crippen LogP contribution is -3.14. The maximum Gasteiger partial charge on any atom is 0.319 e. The zero-order valence-electron chi connectivity index (χ0n) is 11.8. The number of fused-ring (bicyclic) bond motifs is 1. The summed E-state index contributed by atoms with van der Waals surface area (Å²) in [6, 6.07) is 5.49. The van der Waals surface area contributed by atoms with E-state index in [2.05, 4.69) is 31.1 Å². The summed E-state index contributed by atoms with van der Waals surface area (Å²) in [5.41, 5.74) is 1.02. The number of amides is 1. The second-order valence-electron chi connectivity index (χ2n) is 5.15. The molecule has 22 heavy (non-hydrogen) atoms. The molecule has 1 aromatic carbocycles. The van der Waals surface area contributed by atoms with Gasteiger partial charge in [0.05, 0.1) is 18.7 Å². The minimum Gasteiger partial charge on any atom is -0.493 e. The number of morpholine rings is 1. The van der Waals surface area contributed by atoms with Gasteiger partial charge in [0.15, 0.2) is 12.2 Å². The molecule has 1 amide bonds. The molecule has 0 atom stereocenters. The summed E-state index contributed by atoms with van der Waals surface area (Å²) in [6.45, 7) is 3.22. The number of rotatable bonds is 3. The Morgan fingerprint density at radius 2 is 2.18 bits per heavy atom. The first-order valence-corrected chi connectivity index (χ1v) is 7.79. The molecule has 8 heteroatoms. The Morgan fingerprint density at radius 3 is 2.95 bits per heavy atom. The smallest absolute Gasteiger partial charge is 0.319 e. The lowest BCUT2D eigenvalue weighted by molar-refractivity contribution is -0.900. The van der Waals surface area contributed by atoms with Gasteiger partial charge in [-0.25, -0.2) is 0 Å². The number of quaternary nitrogens is 1. The average molecular weight is 368 g/mol. The van der Waals surface area contributed by atoms with E-state index in [1.54, 1.807) is 0 Å².